The van der Waals surface area contributed by atoms with Crippen molar-refractivity contribution < 1.29 is 14.3 Å². The molecule has 0 aliphatic carbocycles. The number of carboxylic acids is 1. The maximum atomic E-state index is 11.7. The molecule has 0 unspecified atom stereocenters. The van der Waals surface area contributed by atoms with Gasteiger partial charge in [0.2, 0.25) is 0 Å². The summed E-state index contributed by atoms with van der Waals surface area (Å²) in [4.78, 5) is 29.8. The van der Waals surface area contributed by atoms with E-state index >= 15 is 0 Å². The molecule has 0 bridgehead atoms. The van der Waals surface area contributed by atoms with Crippen LogP contribution in [-0.4, -0.2) is 21.0 Å². The monoisotopic (exact) mass is 302 g/mol. The lowest BCUT2D eigenvalue weighted by Gasteiger charge is -2.05. The van der Waals surface area contributed by atoms with Crippen LogP contribution in [0.25, 0.3) is 11.6 Å². The van der Waals surface area contributed by atoms with Gasteiger partial charge in [-0.15, -0.1) is 0 Å². The predicted octanol–water partition coefficient (Wildman–Crippen LogP) is 2.96. The Balaban J connectivity index is 2.40. The van der Waals surface area contributed by atoms with Crippen LogP contribution in [0.3, 0.4) is 0 Å². The van der Waals surface area contributed by atoms with Gasteiger partial charge in [0, 0.05) is 11.8 Å². The SMILES string of the molecule is CCCc1cc(=O)[nH]c(/C(=C\c2cc(C(=O)O)co2)CC)n1. The summed E-state index contributed by atoms with van der Waals surface area (Å²) in [6.45, 7) is 3.95. The van der Waals surface area contributed by atoms with E-state index in [4.69, 9.17) is 9.52 Å². The van der Waals surface area contributed by atoms with E-state index in [0.29, 0.717) is 18.0 Å². The van der Waals surface area contributed by atoms with Crippen molar-refractivity contribution >= 4 is 17.6 Å². The van der Waals surface area contributed by atoms with Gasteiger partial charge in [0.05, 0.1) is 5.56 Å². The Labute approximate surface area is 127 Å². The van der Waals surface area contributed by atoms with Gasteiger partial charge >= 0.3 is 5.97 Å². The molecule has 6 nitrogen and oxygen atoms in total. The summed E-state index contributed by atoms with van der Waals surface area (Å²) in [6, 6.07) is 2.93. The number of aromatic nitrogens is 2. The van der Waals surface area contributed by atoms with E-state index in [1.165, 1.54) is 18.4 Å². The Morgan fingerprint density at radius 2 is 2.18 bits per heavy atom. The van der Waals surface area contributed by atoms with Gasteiger partial charge in [-0.2, -0.15) is 0 Å². The molecular formula is C16H18N2O4. The van der Waals surface area contributed by atoms with Crippen molar-refractivity contribution in [2.24, 2.45) is 0 Å². The number of carbonyl (C=O) groups is 1. The first-order valence-corrected chi connectivity index (χ1v) is 7.16. The van der Waals surface area contributed by atoms with Crippen LogP contribution in [0.1, 0.15) is 54.3 Å². The van der Waals surface area contributed by atoms with Crippen molar-refractivity contribution in [2.75, 3.05) is 0 Å². The first-order valence-electron chi connectivity index (χ1n) is 7.16. The van der Waals surface area contributed by atoms with Crippen LogP contribution in [0.5, 0.6) is 0 Å². The average Bonchev–Trinajstić information content (AvgIpc) is 2.93. The summed E-state index contributed by atoms with van der Waals surface area (Å²) in [5.41, 5.74) is 1.41. The molecular weight excluding hydrogens is 284 g/mol. The molecule has 2 aromatic heterocycles. The zero-order valence-corrected chi connectivity index (χ0v) is 12.5. The van der Waals surface area contributed by atoms with E-state index in [1.807, 2.05) is 13.8 Å². The first kappa shape index (κ1) is 15.8. The largest absolute Gasteiger partial charge is 0.478 e. The fourth-order valence-electron chi connectivity index (χ4n) is 2.09. The van der Waals surface area contributed by atoms with Crippen molar-refractivity contribution in [2.45, 2.75) is 33.1 Å². The standard InChI is InChI=1S/C16H18N2O4/c1-3-5-12-8-14(19)18-15(17-12)10(4-2)6-13-7-11(9-22-13)16(20)21/h6-9H,3-5H2,1-2H3,(H,20,21)(H,17,18,19)/b10-6-. The molecule has 0 saturated carbocycles. The number of carboxylic acid groups (broad SMARTS) is 1. The number of H-pyrrole nitrogens is 1. The van der Waals surface area contributed by atoms with Crippen LogP contribution >= 0.6 is 0 Å². The van der Waals surface area contributed by atoms with Crippen molar-refractivity contribution in [3.05, 3.63) is 51.6 Å². The third-order valence-corrected chi connectivity index (χ3v) is 3.17. The molecule has 2 heterocycles. The molecule has 0 saturated heterocycles. The van der Waals surface area contributed by atoms with Gasteiger partial charge in [-0.25, -0.2) is 9.78 Å². The van der Waals surface area contributed by atoms with Gasteiger partial charge in [-0.05, 0) is 30.6 Å². The van der Waals surface area contributed by atoms with E-state index < -0.39 is 5.97 Å². The average molecular weight is 302 g/mol. The predicted molar refractivity (Wildman–Crippen MR) is 82.7 cm³/mol. The highest BCUT2D eigenvalue weighted by molar-refractivity contribution is 5.88. The number of aromatic amines is 1. The Morgan fingerprint density at radius 1 is 1.41 bits per heavy atom. The van der Waals surface area contributed by atoms with Crippen LogP contribution in [0.4, 0.5) is 0 Å². The Bertz CT molecular complexity index is 756. The third kappa shape index (κ3) is 3.72. The third-order valence-electron chi connectivity index (χ3n) is 3.17. The van der Waals surface area contributed by atoms with E-state index in [0.717, 1.165) is 24.1 Å². The molecule has 0 aliphatic heterocycles. The van der Waals surface area contributed by atoms with Crippen LogP contribution in [0, 0.1) is 0 Å². The lowest BCUT2D eigenvalue weighted by Crippen LogP contribution is -2.12. The zero-order chi connectivity index (χ0) is 16.1. The van der Waals surface area contributed by atoms with Gasteiger partial charge in [-0.1, -0.05) is 20.3 Å². The number of allylic oxidation sites excluding steroid dienone is 1. The highest BCUT2D eigenvalue weighted by Gasteiger charge is 2.10. The second-order valence-corrected chi connectivity index (χ2v) is 4.90. The number of nitrogens with zero attached hydrogens (tertiary/aromatic N) is 1. The van der Waals surface area contributed by atoms with Crippen molar-refractivity contribution in [3.8, 4) is 0 Å². The van der Waals surface area contributed by atoms with Gasteiger partial charge in [0.25, 0.3) is 5.56 Å². The Kier molecular flexibility index (Phi) is 4.93. The fraction of sp³-hybridized carbons (Fsp3) is 0.312. The van der Waals surface area contributed by atoms with Gasteiger partial charge in [0.1, 0.15) is 17.8 Å². The summed E-state index contributed by atoms with van der Waals surface area (Å²) in [5, 5.41) is 8.90. The number of aromatic carboxylic acids is 1. The van der Waals surface area contributed by atoms with E-state index in [-0.39, 0.29) is 11.1 Å². The maximum absolute atomic E-state index is 11.7. The molecule has 0 aliphatic rings. The number of nitrogens with one attached hydrogen (secondary N) is 1. The van der Waals surface area contributed by atoms with Gasteiger partial charge in [-0.3, -0.25) is 4.79 Å². The fourth-order valence-corrected chi connectivity index (χ4v) is 2.09. The molecule has 0 spiro atoms. The lowest BCUT2D eigenvalue weighted by atomic mass is 10.1. The quantitative estimate of drug-likeness (QED) is 0.855. The topological polar surface area (TPSA) is 96.2 Å². The lowest BCUT2D eigenvalue weighted by molar-refractivity contribution is 0.0696. The molecule has 0 radical (unpaired) electrons. The van der Waals surface area contributed by atoms with E-state index in [9.17, 15) is 9.59 Å². The van der Waals surface area contributed by atoms with E-state index in [1.54, 1.807) is 6.08 Å². The number of hydrogen-bond acceptors (Lipinski definition) is 4. The maximum Gasteiger partial charge on any atom is 0.338 e. The molecule has 0 amide bonds. The molecule has 2 rings (SSSR count). The number of hydrogen-bond donors (Lipinski definition) is 2. The summed E-state index contributed by atoms with van der Waals surface area (Å²) in [7, 11) is 0. The summed E-state index contributed by atoms with van der Waals surface area (Å²) in [5.74, 6) is -0.137. The van der Waals surface area contributed by atoms with Crippen LogP contribution in [-0.2, 0) is 6.42 Å². The smallest absolute Gasteiger partial charge is 0.338 e. The summed E-state index contributed by atoms with van der Waals surface area (Å²) >= 11 is 0. The van der Waals surface area contributed by atoms with Crippen molar-refractivity contribution in [3.63, 3.8) is 0 Å². The van der Waals surface area contributed by atoms with Gasteiger partial charge in [0.15, 0.2) is 0 Å². The number of aryl methyl sites for hydroxylation is 1. The highest BCUT2D eigenvalue weighted by atomic mass is 16.4. The Morgan fingerprint density at radius 3 is 2.77 bits per heavy atom. The zero-order valence-electron chi connectivity index (χ0n) is 12.5. The van der Waals surface area contributed by atoms with Crippen LogP contribution < -0.4 is 5.56 Å². The van der Waals surface area contributed by atoms with Crippen LogP contribution in [0.2, 0.25) is 0 Å². The molecule has 6 heteroatoms. The Hall–Kier alpha value is -2.63. The molecule has 2 N–H and O–H groups in total. The molecule has 2 aromatic rings. The second kappa shape index (κ2) is 6.89. The molecule has 116 valence electrons. The molecule has 0 fully saturated rings. The van der Waals surface area contributed by atoms with Crippen LogP contribution in [0.15, 0.2) is 27.6 Å². The van der Waals surface area contributed by atoms with E-state index in [2.05, 4.69) is 9.97 Å². The number of rotatable bonds is 6. The molecule has 0 atom stereocenters. The minimum Gasteiger partial charge on any atom is -0.478 e. The van der Waals surface area contributed by atoms with Gasteiger partial charge < -0.3 is 14.5 Å². The normalized spacial score (nSPS) is 11.6. The molecule has 22 heavy (non-hydrogen) atoms. The summed E-state index contributed by atoms with van der Waals surface area (Å²) in [6.07, 6.45) is 5.15. The van der Waals surface area contributed by atoms with Crippen molar-refractivity contribution in [1.82, 2.24) is 9.97 Å². The van der Waals surface area contributed by atoms with Crippen molar-refractivity contribution in [1.29, 1.82) is 0 Å². The minimum absolute atomic E-state index is 0.0860. The minimum atomic E-state index is -1.04. The molecule has 0 aromatic carbocycles. The summed E-state index contributed by atoms with van der Waals surface area (Å²) < 4.78 is 5.21. The first-order chi connectivity index (χ1) is 10.5. The highest BCUT2D eigenvalue weighted by Crippen LogP contribution is 2.19. The number of furan rings is 1. The second-order valence-electron chi connectivity index (χ2n) is 4.90.